The summed E-state index contributed by atoms with van der Waals surface area (Å²) in [4.78, 5) is 21.8. The number of anilines is 1. The van der Waals surface area contributed by atoms with Crippen molar-refractivity contribution >= 4 is 11.7 Å². The fourth-order valence-electron chi connectivity index (χ4n) is 3.76. The van der Waals surface area contributed by atoms with Gasteiger partial charge in [0.15, 0.2) is 0 Å². The van der Waals surface area contributed by atoms with E-state index in [2.05, 4.69) is 38.4 Å². The summed E-state index contributed by atoms with van der Waals surface area (Å²) in [5.41, 5.74) is 4.31. The van der Waals surface area contributed by atoms with Crippen molar-refractivity contribution in [3.8, 4) is 0 Å². The number of nitrogens with zero attached hydrogens (tertiary/aromatic N) is 3. The Morgan fingerprint density at radius 3 is 2.74 bits per heavy atom. The van der Waals surface area contributed by atoms with Crippen molar-refractivity contribution in [1.29, 1.82) is 0 Å². The summed E-state index contributed by atoms with van der Waals surface area (Å²) in [6.07, 6.45) is 1.84. The third-order valence-electron chi connectivity index (χ3n) is 5.51. The summed E-state index contributed by atoms with van der Waals surface area (Å²) in [5, 5.41) is 6.35. The fraction of sp³-hybridized carbons (Fsp3) is 0.429. The van der Waals surface area contributed by atoms with E-state index in [9.17, 15) is 4.79 Å². The molecular weight excluding hydrogens is 338 g/mol. The lowest BCUT2D eigenvalue weighted by Crippen LogP contribution is -2.46. The molecule has 0 saturated carbocycles. The molecule has 2 aromatic rings. The maximum atomic E-state index is 12.5. The van der Waals surface area contributed by atoms with E-state index in [1.54, 1.807) is 0 Å². The van der Waals surface area contributed by atoms with Gasteiger partial charge in [-0.1, -0.05) is 13.0 Å². The van der Waals surface area contributed by atoms with Crippen molar-refractivity contribution in [2.75, 3.05) is 37.6 Å². The Labute approximate surface area is 160 Å². The molecule has 1 aromatic heterocycles. The Kier molecular flexibility index (Phi) is 5.36. The molecule has 2 aliphatic rings. The number of benzene rings is 1. The molecule has 0 radical (unpaired) electrons. The third-order valence-corrected chi connectivity index (χ3v) is 5.51. The molecule has 3 heterocycles. The van der Waals surface area contributed by atoms with E-state index < -0.39 is 0 Å². The Morgan fingerprint density at radius 2 is 1.93 bits per heavy atom. The largest absolute Gasteiger partial charge is 0.354 e. The van der Waals surface area contributed by atoms with Crippen LogP contribution in [-0.2, 0) is 19.6 Å². The van der Waals surface area contributed by atoms with Crippen LogP contribution >= 0.6 is 0 Å². The van der Waals surface area contributed by atoms with Gasteiger partial charge in [-0.05, 0) is 47.5 Å². The quantitative estimate of drug-likeness (QED) is 0.846. The van der Waals surface area contributed by atoms with E-state index in [1.165, 1.54) is 11.1 Å². The maximum Gasteiger partial charge on any atom is 0.251 e. The van der Waals surface area contributed by atoms with Gasteiger partial charge in [0.2, 0.25) is 0 Å². The molecule has 27 heavy (non-hydrogen) atoms. The molecule has 4 rings (SSSR count). The van der Waals surface area contributed by atoms with Crippen LogP contribution in [0.1, 0.15) is 34.0 Å². The lowest BCUT2D eigenvalue weighted by molar-refractivity contribution is 0.0951. The minimum atomic E-state index is -0.0281. The summed E-state index contributed by atoms with van der Waals surface area (Å²) < 4.78 is 0. The second kappa shape index (κ2) is 8.06. The predicted molar refractivity (Wildman–Crippen MR) is 107 cm³/mol. The molecule has 6 heteroatoms. The summed E-state index contributed by atoms with van der Waals surface area (Å²) in [7, 11) is 0. The van der Waals surface area contributed by atoms with Crippen molar-refractivity contribution in [3.63, 3.8) is 0 Å². The van der Waals surface area contributed by atoms with E-state index in [-0.39, 0.29) is 5.91 Å². The van der Waals surface area contributed by atoms with E-state index in [0.717, 1.165) is 62.8 Å². The van der Waals surface area contributed by atoms with Crippen LogP contribution in [0.4, 0.5) is 5.82 Å². The number of hydrogen-bond acceptors (Lipinski definition) is 5. The van der Waals surface area contributed by atoms with Crippen LogP contribution in [0.15, 0.2) is 36.5 Å². The maximum absolute atomic E-state index is 12.5. The van der Waals surface area contributed by atoms with E-state index in [0.29, 0.717) is 6.54 Å². The summed E-state index contributed by atoms with van der Waals surface area (Å²) in [6.45, 7) is 9.71. The summed E-state index contributed by atoms with van der Waals surface area (Å²) in [6, 6.07) is 10.0. The minimum absolute atomic E-state index is 0.0281. The van der Waals surface area contributed by atoms with Crippen LogP contribution in [0.25, 0.3) is 0 Å². The number of amides is 1. The van der Waals surface area contributed by atoms with E-state index in [1.807, 2.05) is 30.5 Å². The number of aromatic nitrogens is 1. The highest BCUT2D eigenvalue weighted by atomic mass is 16.1. The number of carbonyl (C=O) groups is 1. The highest BCUT2D eigenvalue weighted by Crippen LogP contribution is 2.18. The minimum Gasteiger partial charge on any atom is -0.354 e. The first-order valence-corrected chi connectivity index (χ1v) is 9.76. The van der Waals surface area contributed by atoms with Crippen molar-refractivity contribution in [3.05, 3.63) is 58.8 Å². The molecule has 1 fully saturated rings. The van der Waals surface area contributed by atoms with Gasteiger partial charge in [-0.15, -0.1) is 0 Å². The smallest absolute Gasteiger partial charge is 0.251 e. The molecule has 0 unspecified atom stereocenters. The Balaban J connectivity index is 1.36. The molecular formula is C21H27N5O. The molecule has 1 amide bonds. The van der Waals surface area contributed by atoms with Crippen LogP contribution in [0, 0.1) is 0 Å². The van der Waals surface area contributed by atoms with Gasteiger partial charge in [0.25, 0.3) is 5.91 Å². The number of carbonyl (C=O) groups excluding carboxylic acids is 1. The number of pyridine rings is 1. The molecule has 0 atom stereocenters. The molecule has 1 saturated heterocycles. The Morgan fingerprint density at radius 1 is 1.11 bits per heavy atom. The number of likely N-dealkylation sites (N-methyl/N-ethyl adjacent to an activating group) is 1. The van der Waals surface area contributed by atoms with Crippen molar-refractivity contribution in [2.45, 2.75) is 26.6 Å². The normalized spacial score (nSPS) is 17.0. The first-order valence-electron chi connectivity index (χ1n) is 9.76. The number of fused-ring (bicyclic) bond motifs is 1. The van der Waals surface area contributed by atoms with Crippen LogP contribution in [0.2, 0.25) is 0 Å². The zero-order valence-corrected chi connectivity index (χ0v) is 15.9. The van der Waals surface area contributed by atoms with Crippen LogP contribution < -0.4 is 15.5 Å². The molecule has 142 valence electrons. The van der Waals surface area contributed by atoms with Gasteiger partial charge in [-0.25, -0.2) is 4.98 Å². The third kappa shape index (κ3) is 4.12. The van der Waals surface area contributed by atoms with E-state index >= 15 is 0 Å². The number of hydrogen-bond donors (Lipinski definition) is 2. The molecule has 0 spiro atoms. The van der Waals surface area contributed by atoms with Crippen LogP contribution in [-0.4, -0.2) is 48.5 Å². The van der Waals surface area contributed by atoms with Gasteiger partial charge in [-0.3, -0.25) is 4.79 Å². The number of nitrogens with one attached hydrogen (secondary N) is 2. The average Bonchev–Trinajstić information content (AvgIpc) is 3.20. The lowest BCUT2D eigenvalue weighted by Gasteiger charge is -2.34. The number of rotatable bonds is 5. The topological polar surface area (TPSA) is 60.5 Å². The van der Waals surface area contributed by atoms with Gasteiger partial charge in [0.1, 0.15) is 5.82 Å². The second-order valence-corrected chi connectivity index (χ2v) is 7.21. The van der Waals surface area contributed by atoms with E-state index in [4.69, 9.17) is 0 Å². The molecule has 0 aliphatic carbocycles. The monoisotopic (exact) mass is 365 g/mol. The van der Waals surface area contributed by atoms with Gasteiger partial charge in [-0.2, -0.15) is 0 Å². The first-order chi connectivity index (χ1) is 13.2. The Bertz CT molecular complexity index is 814. The second-order valence-electron chi connectivity index (χ2n) is 7.21. The molecule has 0 bridgehead atoms. The average molecular weight is 365 g/mol. The molecule has 2 aliphatic heterocycles. The number of piperazine rings is 1. The summed E-state index contributed by atoms with van der Waals surface area (Å²) >= 11 is 0. The first kappa shape index (κ1) is 17.9. The molecule has 2 N–H and O–H groups in total. The molecule has 1 aromatic carbocycles. The van der Waals surface area contributed by atoms with Gasteiger partial charge >= 0.3 is 0 Å². The zero-order valence-electron chi connectivity index (χ0n) is 15.9. The van der Waals surface area contributed by atoms with Crippen molar-refractivity contribution in [2.24, 2.45) is 0 Å². The zero-order chi connectivity index (χ0) is 18.6. The van der Waals surface area contributed by atoms with Crippen molar-refractivity contribution < 1.29 is 4.79 Å². The predicted octanol–water partition coefficient (Wildman–Crippen LogP) is 1.76. The Hall–Kier alpha value is -2.44. The van der Waals surface area contributed by atoms with Crippen molar-refractivity contribution in [1.82, 2.24) is 20.5 Å². The van der Waals surface area contributed by atoms with Crippen LogP contribution in [0.5, 0.6) is 0 Å². The van der Waals surface area contributed by atoms with Gasteiger partial charge in [0, 0.05) is 57.6 Å². The lowest BCUT2D eigenvalue weighted by atomic mass is 10.1. The standard InChI is InChI=1S/C21H27N5O/c1-2-25-7-9-26(10-8-25)20-11-16(5-6-23-20)13-24-21(27)17-3-4-18-14-22-15-19(18)12-17/h3-6,11-12,22H,2,7-10,13-15H2,1H3,(H,24,27). The fourth-order valence-corrected chi connectivity index (χ4v) is 3.76. The highest BCUT2D eigenvalue weighted by molar-refractivity contribution is 5.94. The van der Waals surface area contributed by atoms with Gasteiger partial charge in [0.05, 0.1) is 0 Å². The SMILES string of the molecule is CCN1CCN(c2cc(CNC(=O)c3ccc4c(c3)CNC4)ccn2)CC1. The van der Waals surface area contributed by atoms with Crippen LogP contribution in [0.3, 0.4) is 0 Å². The highest BCUT2D eigenvalue weighted by Gasteiger charge is 2.17. The van der Waals surface area contributed by atoms with Gasteiger partial charge < -0.3 is 20.4 Å². The summed E-state index contributed by atoms with van der Waals surface area (Å²) in [5.74, 6) is 0.973. The molecule has 6 nitrogen and oxygen atoms in total.